The number of amides is 3. The van der Waals surface area contributed by atoms with Gasteiger partial charge in [-0.25, -0.2) is 0 Å². The van der Waals surface area contributed by atoms with Crippen LogP contribution in [-0.4, -0.2) is 34.5 Å². The van der Waals surface area contributed by atoms with Gasteiger partial charge in [0.05, 0.1) is 10.9 Å². The zero-order chi connectivity index (χ0) is 19.2. The number of thioether (sulfide) groups is 1. The maximum Gasteiger partial charge on any atom is 0.251 e. The van der Waals surface area contributed by atoms with Gasteiger partial charge in [-0.05, 0) is 36.8 Å². The van der Waals surface area contributed by atoms with Gasteiger partial charge < -0.3 is 16.0 Å². The number of hydrogen-bond donors (Lipinski definition) is 3. The highest BCUT2D eigenvalue weighted by Gasteiger charge is 2.23. The van der Waals surface area contributed by atoms with Crippen LogP contribution >= 0.6 is 11.8 Å². The highest BCUT2D eigenvalue weighted by molar-refractivity contribution is 8.00. The molecule has 0 bridgehead atoms. The second-order valence-corrected chi connectivity index (χ2v) is 7.49. The van der Waals surface area contributed by atoms with Crippen molar-refractivity contribution in [2.45, 2.75) is 30.0 Å². The number of rotatable bonds is 6. The van der Waals surface area contributed by atoms with Crippen LogP contribution in [0.3, 0.4) is 0 Å². The number of pyridine rings is 1. The predicted molar refractivity (Wildman–Crippen MR) is 103 cm³/mol. The zero-order valence-electron chi connectivity index (χ0n) is 14.8. The summed E-state index contributed by atoms with van der Waals surface area (Å²) in [6.45, 7) is 2.47. The summed E-state index contributed by atoms with van der Waals surface area (Å²) < 4.78 is 0. The Morgan fingerprint density at radius 3 is 2.89 bits per heavy atom. The van der Waals surface area contributed by atoms with Gasteiger partial charge in [0.15, 0.2) is 0 Å². The summed E-state index contributed by atoms with van der Waals surface area (Å²) >= 11 is 1.46. The summed E-state index contributed by atoms with van der Waals surface area (Å²) in [7, 11) is 0. The lowest BCUT2D eigenvalue weighted by Crippen LogP contribution is -2.31. The van der Waals surface area contributed by atoms with Crippen LogP contribution in [0.4, 0.5) is 5.69 Å². The monoisotopic (exact) mass is 384 g/mol. The van der Waals surface area contributed by atoms with Crippen molar-refractivity contribution >= 4 is 35.2 Å². The van der Waals surface area contributed by atoms with Crippen LogP contribution in [0.5, 0.6) is 0 Å². The number of benzene rings is 1. The molecule has 0 fully saturated rings. The van der Waals surface area contributed by atoms with Crippen LogP contribution in [0.1, 0.15) is 29.3 Å². The van der Waals surface area contributed by atoms with Crippen molar-refractivity contribution in [3.8, 4) is 0 Å². The smallest absolute Gasteiger partial charge is 0.251 e. The Kier molecular flexibility index (Phi) is 6.08. The molecule has 8 heteroatoms. The Morgan fingerprint density at radius 1 is 1.26 bits per heavy atom. The van der Waals surface area contributed by atoms with Crippen LogP contribution in [-0.2, 0) is 16.1 Å². The van der Waals surface area contributed by atoms with Crippen molar-refractivity contribution in [1.29, 1.82) is 0 Å². The summed E-state index contributed by atoms with van der Waals surface area (Å²) in [6.07, 6.45) is 3.54. The molecule has 0 radical (unpaired) electrons. The van der Waals surface area contributed by atoms with Crippen molar-refractivity contribution in [3.05, 3.63) is 53.9 Å². The third-order valence-electron chi connectivity index (χ3n) is 4.02. The fourth-order valence-corrected chi connectivity index (χ4v) is 3.46. The molecule has 3 rings (SSSR count). The van der Waals surface area contributed by atoms with Crippen molar-refractivity contribution in [1.82, 2.24) is 15.6 Å². The van der Waals surface area contributed by atoms with Crippen molar-refractivity contribution in [2.24, 2.45) is 0 Å². The molecule has 1 atom stereocenters. The highest BCUT2D eigenvalue weighted by Crippen LogP contribution is 2.35. The number of hydrogen-bond acceptors (Lipinski definition) is 5. The molecule has 1 aliphatic rings. The first-order valence-electron chi connectivity index (χ1n) is 8.58. The number of anilines is 1. The maximum absolute atomic E-state index is 12.3. The van der Waals surface area contributed by atoms with Gasteiger partial charge in [-0.1, -0.05) is 6.07 Å². The Hall–Kier alpha value is -2.87. The molecular weight excluding hydrogens is 364 g/mol. The van der Waals surface area contributed by atoms with Crippen LogP contribution in [0, 0.1) is 0 Å². The molecule has 0 aliphatic carbocycles. The topological polar surface area (TPSA) is 100 Å². The molecule has 0 saturated heterocycles. The van der Waals surface area contributed by atoms with Gasteiger partial charge in [0.25, 0.3) is 5.91 Å². The molecule has 2 aromatic rings. The molecule has 3 amide bonds. The third kappa shape index (κ3) is 5.07. The second kappa shape index (κ2) is 8.68. The van der Waals surface area contributed by atoms with Crippen molar-refractivity contribution < 1.29 is 14.4 Å². The molecule has 1 aliphatic heterocycles. The van der Waals surface area contributed by atoms with Gasteiger partial charge in [-0.2, -0.15) is 0 Å². The van der Waals surface area contributed by atoms with Crippen molar-refractivity contribution in [3.63, 3.8) is 0 Å². The van der Waals surface area contributed by atoms with E-state index in [2.05, 4.69) is 20.9 Å². The maximum atomic E-state index is 12.3. The molecule has 7 nitrogen and oxygen atoms in total. The number of carbonyl (C=O) groups excluding carboxylic acids is 3. The molecule has 0 spiro atoms. The van der Waals surface area contributed by atoms with Gasteiger partial charge in [0.1, 0.15) is 0 Å². The van der Waals surface area contributed by atoms with Crippen LogP contribution in [0.25, 0.3) is 0 Å². The molecule has 3 N–H and O–H groups in total. The Labute approximate surface area is 161 Å². The first kappa shape index (κ1) is 18.9. The molecule has 140 valence electrons. The van der Waals surface area contributed by atoms with Gasteiger partial charge in [0, 0.05) is 42.4 Å². The quantitative estimate of drug-likeness (QED) is 0.707. The van der Waals surface area contributed by atoms with Crippen molar-refractivity contribution in [2.75, 3.05) is 11.9 Å². The molecule has 0 unspecified atom stereocenters. The largest absolute Gasteiger partial charge is 0.352 e. The van der Waals surface area contributed by atoms with E-state index in [1.165, 1.54) is 11.8 Å². The first-order valence-corrected chi connectivity index (χ1v) is 9.46. The number of nitrogens with zero attached hydrogens (tertiary/aromatic N) is 1. The molecule has 27 heavy (non-hydrogen) atoms. The van der Waals surface area contributed by atoms with Crippen LogP contribution in [0.2, 0.25) is 0 Å². The van der Waals surface area contributed by atoms with E-state index >= 15 is 0 Å². The SMILES string of the molecule is C[C@@H]1Sc2ccc(C(=O)NCCC(=O)NCc3cccnc3)cc2NC1=O. The summed E-state index contributed by atoms with van der Waals surface area (Å²) in [5, 5.41) is 8.16. The number of aromatic nitrogens is 1. The molecule has 0 saturated carbocycles. The second-order valence-electron chi connectivity index (χ2n) is 6.10. The van der Waals surface area contributed by atoms with E-state index in [-0.39, 0.29) is 35.9 Å². The number of fused-ring (bicyclic) bond motifs is 1. The van der Waals surface area contributed by atoms with E-state index in [0.29, 0.717) is 17.8 Å². The number of carbonyl (C=O) groups is 3. The van der Waals surface area contributed by atoms with E-state index in [9.17, 15) is 14.4 Å². The average Bonchev–Trinajstić information content (AvgIpc) is 2.67. The first-order chi connectivity index (χ1) is 13.0. The zero-order valence-corrected chi connectivity index (χ0v) is 15.6. The minimum absolute atomic E-state index is 0.0738. The van der Waals surface area contributed by atoms with Gasteiger partial charge >= 0.3 is 0 Å². The lowest BCUT2D eigenvalue weighted by Gasteiger charge is -2.21. The Balaban J connectivity index is 1.46. The third-order valence-corrected chi connectivity index (χ3v) is 5.20. The molecule has 1 aromatic carbocycles. The standard InChI is InChI=1S/C19H20N4O3S/c1-12-18(25)23-15-9-14(4-5-16(15)27-12)19(26)21-8-6-17(24)22-11-13-3-2-7-20-10-13/h2-5,7,9-10,12H,6,8,11H2,1H3,(H,21,26)(H,22,24)(H,23,25)/t12-/m0/s1. The Morgan fingerprint density at radius 2 is 2.11 bits per heavy atom. The molecule has 1 aromatic heterocycles. The minimum atomic E-state index is -0.282. The molecule has 2 heterocycles. The fraction of sp³-hybridized carbons (Fsp3) is 0.263. The minimum Gasteiger partial charge on any atom is -0.352 e. The van der Waals surface area contributed by atoms with E-state index in [0.717, 1.165) is 10.5 Å². The summed E-state index contributed by atoms with van der Waals surface area (Å²) in [4.78, 5) is 40.8. The van der Waals surface area contributed by atoms with E-state index in [1.807, 2.05) is 25.1 Å². The fourth-order valence-electron chi connectivity index (χ4n) is 2.53. The molecular formula is C19H20N4O3S. The van der Waals surface area contributed by atoms with Gasteiger partial charge in [-0.3, -0.25) is 19.4 Å². The lowest BCUT2D eigenvalue weighted by molar-refractivity contribution is -0.121. The van der Waals surface area contributed by atoms with Gasteiger partial charge in [-0.15, -0.1) is 11.8 Å². The van der Waals surface area contributed by atoms with Gasteiger partial charge in [0.2, 0.25) is 11.8 Å². The van der Waals surface area contributed by atoms with Crippen LogP contribution in [0.15, 0.2) is 47.6 Å². The average molecular weight is 384 g/mol. The summed E-state index contributed by atoms with van der Waals surface area (Å²) in [5.41, 5.74) is 2.00. The van der Waals surface area contributed by atoms with Crippen LogP contribution < -0.4 is 16.0 Å². The summed E-state index contributed by atoms with van der Waals surface area (Å²) in [6, 6.07) is 8.88. The highest BCUT2D eigenvalue weighted by atomic mass is 32.2. The lowest BCUT2D eigenvalue weighted by atomic mass is 10.1. The van der Waals surface area contributed by atoms with E-state index < -0.39 is 0 Å². The van der Waals surface area contributed by atoms with E-state index in [4.69, 9.17) is 0 Å². The Bertz CT molecular complexity index is 857. The summed E-state index contributed by atoms with van der Waals surface area (Å²) in [5.74, 6) is -0.506. The normalized spacial score (nSPS) is 15.4. The predicted octanol–water partition coefficient (Wildman–Crippen LogP) is 1.95. The number of nitrogens with one attached hydrogen (secondary N) is 3. The van der Waals surface area contributed by atoms with E-state index in [1.54, 1.807) is 24.5 Å².